The van der Waals surface area contributed by atoms with E-state index < -0.39 is 21.2 Å². The first-order chi connectivity index (χ1) is 12.3. The predicted molar refractivity (Wildman–Crippen MR) is 96.9 cm³/mol. The highest BCUT2D eigenvalue weighted by molar-refractivity contribution is 6.30. The smallest absolute Gasteiger partial charge is 0.321 e. The minimum Gasteiger partial charge on any atom is -0.349 e. The number of benzene rings is 2. The molecule has 0 fully saturated rings. The molecule has 0 aliphatic carbocycles. The first-order valence-corrected chi connectivity index (χ1v) is 7.73. The molecule has 0 heterocycles. The maximum atomic E-state index is 11.2. The number of halogens is 1. The number of rotatable bonds is 7. The van der Waals surface area contributed by atoms with Gasteiger partial charge in [-0.15, -0.1) is 0 Å². The second-order valence-corrected chi connectivity index (χ2v) is 5.98. The largest absolute Gasteiger partial charge is 0.349 e. The summed E-state index contributed by atoms with van der Waals surface area (Å²) in [6.45, 7) is 0.405. The van der Waals surface area contributed by atoms with Gasteiger partial charge in [-0.25, -0.2) is 0 Å². The van der Waals surface area contributed by atoms with E-state index >= 15 is 0 Å². The summed E-state index contributed by atoms with van der Waals surface area (Å²) >= 11 is 5.88. The van der Waals surface area contributed by atoms with Crippen molar-refractivity contribution in [2.24, 2.45) is 5.16 Å². The number of oxime groups is 1. The molecule has 0 saturated heterocycles. The lowest BCUT2D eigenvalue weighted by atomic mass is 10.1. The van der Waals surface area contributed by atoms with Crippen LogP contribution in [0.15, 0.2) is 47.6 Å². The molecule has 0 aliphatic rings. The average molecular weight is 379 g/mol. The van der Waals surface area contributed by atoms with Gasteiger partial charge < -0.3 is 9.74 Å². The van der Waals surface area contributed by atoms with Crippen molar-refractivity contribution >= 4 is 28.7 Å². The van der Waals surface area contributed by atoms with Gasteiger partial charge in [0.2, 0.25) is 5.75 Å². The molecule has 9 nitrogen and oxygen atoms in total. The van der Waals surface area contributed by atoms with Crippen LogP contribution in [-0.4, -0.2) is 41.1 Å². The molecule has 0 aromatic heterocycles. The second kappa shape index (κ2) is 8.37. The molecule has 10 heteroatoms. The molecule has 2 aromatic carbocycles. The highest BCUT2D eigenvalue weighted by Crippen LogP contribution is 2.31. The summed E-state index contributed by atoms with van der Waals surface area (Å²) in [5.41, 5.74) is 0.300. The number of non-ortho nitro benzene ring substituents is 1. The molecule has 2 rings (SSSR count). The van der Waals surface area contributed by atoms with E-state index in [0.29, 0.717) is 17.3 Å². The Kier molecular flexibility index (Phi) is 6.21. The summed E-state index contributed by atoms with van der Waals surface area (Å²) in [6, 6.07) is 9.97. The Labute approximate surface area is 153 Å². The van der Waals surface area contributed by atoms with Crippen LogP contribution in [0.5, 0.6) is 5.75 Å². The Morgan fingerprint density at radius 1 is 1.12 bits per heavy atom. The third-order valence-corrected chi connectivity index (χ3v) is 3.50. The minimum absolute atomic E-state index is 0.189. The molecule has 26 heavy (non-hydrogen) atoms. The Balaban J connectivity index is 2.38. The fourth-order valence-electron chi connectivity index (χ4n) is 2.06. The maximum absolute atomic E-state index is 11.2. The van der Waals surface area contributed by atoms with Crippen LogP contribution in [0.25, 0.3) is 0 Å². The fraction of sp³-hybridized carbons (Fsp3) is 0.188. The van der Waals surface area contributed by atoms with Crippen molar-refractivity contribution in [1.29, 1.82) is 0 Å². The van der Waals surface area contributed by atoms with Gasteiger partial charge in [0.05, 0.1) is 15.9 Å². The van der Waals surface area contributed by atoms with Gasteiger partial charge in [0, 0.05) is 23.2 Å². The van der Waals surface area contributed by atoms with E-state index in [2.05, 4.69) is 5.16 Å². The summed E-state index contributed by atoms with van der Waals surface area (Å²) in [5.74, 6) is -0.189. The molecule has 0 atom stereocenters. The van der Waals surface area contributed by atoms with Crippen molar-refractivity contribution in [2.45, 2.75) is 0 Å². The molecule has 2 aromatic rings. The Bertz CT molecular complexity index is 852. The topological polar surface area (TPSA) is 111 Å². The van der Waals surface area contributed by atoms with Crippen molar-refractivity contribution in [3.05, 3.63) is 73.3 Å². The molecule has 0 aliphatic heterocycles. The van der Waals surface area contributed by atoms with Gasteiger partial charge in [-0.05, 0) is 32.3 Å². The van der Waals surface area contributed by atoms with Gasteiger partial charge in [0.25, 0.3) is 5.69 Å². The quantitative estimate of drug-likeness (QED) is 0.414. The van der Waals surface area contributed by atoms with Crippen LogP contribution in [0.4, 0.5) is 11.4 Å². The van der Waals surface area contributed by atoms with Crippen LogP contribution in [0, 0.1) is 20.2 Å². The first-order valence-electron chi connectivity index (χ1n) is 7.35. The SMILES string of the molecule is CN(C)C/C(=N\Oc1ccc([N+](=O)[O-])cc1[N+](=O)[O-])c1ccc(Cl)cc1. The number of nitro benzene ring substituents is 2. The van der Waals surface area contributed by atoms with Crippen LogP contribution < -0.4 is 4.84 Å². The van der Waals surface area contributed by atoms with Crippen LogP contribution in [0.3, 0.4) is 0 Å². The predicted octanol–water partition coefficient (Wildman–Crippen LogP) is 3.50. The van der Waals surface area contributed by atoms with Crippen LogP contribution in [0.2, 0.25) is 5.02 Å². The van der Waals surface area contributed by atoms with Gasteiger partial charge in [-0.1, -0.05) is 28.9 Å². The van der Waals surface area contributed by atoms with Crippen LogP contribution in [-0.2, 0) is 0 Å². The molecule has 136 valence electrons. The Morgan fingerprint density at radius 3 is 2.31 bits per heavy atom. The molecule has 0 radical (unpaired) electrons. The zero-order valence-electron chi connectivity index (χ0n) is 14.0. The second-order valence-electron chi connectivity index (χ2n) is 5.54. The van der Waals surface area contributed by atoms with Crippen molar-refractivity contribution in [3.8, 4) is 5.75 Å². The molecule has 0 spiro atoms. The Morgan fingerprint density at radius 2 is 1.77 bits per heavy atom. The van der Waals surface area contributed by atoms with E-state index in [0.717, 1.165) is 23.8 Å². The summed E-state index contributed by atoms with van der Waals surface area (Å²) in [5, 5.41) is 26.5. The number of likely N-dealkylation sites (N-methyl/N-ethyl adjacent to an activating group) is 1. The third kappa shape index (κ3) is 4.98. The number of hydrogen-bond donors (Lipinski definition) is 0. The maximum Gasteiger partial charge on any atom is 0.321 e. The van der Waals surface area contributed by atoms with Gasteiger partial charge >= 0.3 is 5.69 Å². The highest BCUT2D eigenvalue weighted by atomic mass is 35.5. The molecule has 0 N–H and O–H groups in total. The minimum atomic E-state index is -0.758. The van der Waals surface area contributed by atoms with Crippen LogP contribution in [0.1, 0.15) is 5.56 Å². The molecule has 0 unspecified atom stereocenters. The monoisotopic (exact) mass is 378 g/mol. The van der Waals surface area contributed by atoms with Crippen molar-refractivity contribution < 1.29 is 14.7 Å². The van der Waals surface area contributed by atoms with E-state index in [1.165, 1.54) is 0 Å². The first kappa shape index (κ1) is 19.3. The molecule has 0 bridgehead atoms. The standard InChI is InChI=1S/C16H15ClN4O5/c1-19(2)10-14(11-3-5-12(17)6-4-11)18-26-16-8-7-13(20(22)23)9-15(16)21(24)25/h3-9H,10H2,1-2H3/b18-14+. The lowest BCUT2D eigenvalue weighted by Crippen LogP contribution is -2.23. The van der Waals surface area contributed by atoms with Crippen molar-refractivity contribution in [3.63, 3.8) is 0 Å². The summed E-state index contributed by atoms with van der Waals surface area (Å²) in [6.07, 6.45) is 0. The van der Waals surface area contributed by atoms with Gasteiger partial charge in [0.15, 0.2) is 0 Å². The van der Waals surface area contributed by atoms with E-state index in [4.69, 9.17) is 16.4 Å². The Hall–Kier alpha value is -3.04. The molecular weight excluding hydrogens is 364 g/mol. The third-order valence-electron chi connectivity index (χ3n) is 3.25. The van der Waals surface area contributed by atoms with E-state index in [1.54, 1.807) is 24.3 Å². The fourth-order valence-corrected chi connectivity index (χ4v) is 2.18. The lowest BCUT2D eigenvalue weighted by molar-refractivity contribution is -0.394. The van der Waals surface area contributed by atoms with E-state index in [9.17, 15) is 20.2 Å². The van der Waals surface area contributed by atoms with E-state index in [1.807, 2.05) is 19.0 Å². The van der Waals surface area contributed by atoms with Crippen LogP contribution >= 0.6 is 11.6 Å². The molecular formula is C16H15ClN4O5. The number of nitrogens with zero attached hydrogens (tertiary/aromatic N) is 4. The summed E-state index contributed by atoms with van der Waals surface area (Å²) in [7, 11) is 3.67. The van der Waals surface area contributed by atoms with Gasteiger partial charge in [-0.2, -0.15) is 0 Å². The molecule has 0 amide bonds. The number of hydrogen-bond acceptors (Lipinski definition) is 7. The lowest BCUT2D eigenvalue weighted by Gasteiger charge is -2.12. The zero-order valence-corrected chi connectivity index (χ0v) is 14.7. The zero-order chi connectivity index (χ0) is 19.3. The van der Waals surface area contributed by atoms with Crippen molar-refractivity contribution in [1.82, 2.24) is 4.90 Å². The summed E-state index contributed by atoms with van der Waals surface area (Å²) < 4.78 is 0. The van der Waals surface area contributed by atoms with Gasteiger partial charge in [-0.3, -0.25) is 20.2 Å². The summed E-state index contributed by atoms with van der Waals surface area (Å²) in [4.78, 5) is 27.6. The highest BCUT2D eigenvalue weighted by Gasteiger charge is 2.21. The van der Waals surface area contributed by atoms with Crippen molar-refractivity contribution in [2.75, 3.05) is 20.6 Å². The average Bonchev–Trinajstić information content (AvgIpc) is 2.58. The normalized spacial score (nSPS) is 11.5. The van der Waals surface area contributed by atoms with Gasteiger partial charge in [0.1, 0.15) is 5.71 Å². The van der Waals surface area contributed by atoms with E-state index in [-0.39, 0.29) is 5.75 Å². The molecule has 0 saturated carbocycles. The number of nitro groups is 2.